The summed E-state index contributed by atoms with van der Waals surface area (Å²) in [5, 5.41) is 3.52. The molecular formula is C15H33NO. The second-order valence-corrected chi connectivity index (χ2v) is 5.79. The van der Waals surface area contributed by atoms with Crippen molar-refractivity contribution in [2.75, 3.05) is 26.8 Å². The summed E-state index contributed by atoms with van der Waals surface area (Å²) in [4.78, 5) is 0. The second kappa shape index (κ2) is 9.90. The normalized spacial score (nSPS) is 15.2. The van der Waals surface area contributed by atoms with E-state index < -0.39 is 0 Å². The largest absolute Gasteiger partial charge is 0.383 e. The van der Waals surface area contributed by atoms with Crippen molar-refractivity contribution in [3.63, 3.8) is 0 Å². The van der Waals surface area contributed by atoms with Crippen LogP contribution >= 0.6 is 0 Å². The minimum Gasteiger partial charge on any atom is -0.383 e. The van der Waals surface area contributed by atoms with Crippen molar-refractivity contribution in [3.05, 3.63) is 0 Å². The van der Waals surface area contributed by atoms with Gasteiger partial charge in [0.2, 0.25) is 0 Å². The maximum absolute atomic E-state index is 5.07. The first-order chi connectivity index (χ1) is 8.06. The van der Waals surface area contributed by atoms with Crippen molar-refractivity contribution in [2.24, 2.45) is 11.3 Å². The van der Waals surface area contributed by atoms with Gasteiger partial charge in [-0.25, -0.2) is 0 Å². The zero-order valence-corrected chi connectivity index (χ0v) is 12.6. The maximum atomic E-state index is 5.07. The summed E-state index contributed by atoms with van der Waals surface area (Å²) < 4.78 is 5.07. The monoisotopic (exact) mass is 243 g/mol. The van der Waals surface area contributed by atoms with E-state index in [0.717, 1.165) is 25.6 Å². The van der Waals surface area contributed by atoms with Crippen LogP contribution in [0.3, 0.4) is 0 Å². The Hall–Kier alpha value is -0.0800. The maximum Gasteiger partial charge on any atom is 0.0587 e. The van der Waals surface area contributed by atoms with E-state index in [-0.39, 0.29) is 0 Å². The highest BCUT2D eigenvalue weighted by molar-refractivity contribution is 4.80. The van der Waals surface area contributed by atoms with Crippen LogP contribution < -0.4 is 5.32 Å². The number of hydrogen-bond acceptors (Lipinski definition) is 2. The van der Waals surface area contributed by atoms with Gasteiger partial charge in [-0.15, -0.1) is 0 Å². The van der Waals surface area contributed by atoms with Crippen molar-refractivity contribution in [2.45, 2.75) is 59.8 Å². The Morgan fingerprint density at radius 1 is 1.18 bits per heavy atom. The molecular weight excluding hydrogens is 210 g/mol. The van der Waals surface area contributed by atoms with Crippen LogP contribution in [0.4, 0.5) is 0 Å². The Labute approximate surface area is 109 Å². The molecule has 0 aliphatic carbocycles. The summed E-state index contributed by atoms with van der Waals surface area (Å²) in [6, 6.07) is 0. The molecule has 2 nitrogen and oxygen atoms in total. The summed E-state index contributed by atoms with van der Waals surface area (Å²) in [7, 11) is 1.76. The van der Waals surface area contributed by atoms with Gasteiger partial charge in [-0.2, -0.15) is 0 Å². The predicted octanol–water partition coefficient (Wildman–Crippen LogP) is 3.86. The van der Waals surface area contributed by atoms with E-state index in [1.165, 1.54) is 32.1 Å². The Kier molecular flexibility index (Phi) is 9.85. The van der Waals surface area contributed by atoms with Crippen molar-refractivity contribution in [1.29, 1.82) is 0 Å². The van der Waals surface area contributed by atoms with Crippen LogP contribution in [0.15, 0.2) is 0 Å². The minimum atomic E-state index is 0.432. The highest BCUT2D eigenvalue weighted by Crippen LogP contribution is 2.32. The van der Waals surface area contributed by atoms with Gasteiger partial charge in [0, 0.05) is 20.2 Å². The molecule has 0 amide bonds. The molecule has 104 valence electrons. The number of unbranched alkanes of at least 4 members (excludes halogenated alkanes) is 3. The van der Waals surface area contributed by atoms with E-state index in [1.807, 2.05) is 0 Å². The lowest BCUT2D eigenvalue weighted by Gasteiger charge is -2.34. The fraction of sp³-hybridized carbons (Fsp3) is 1.00. The predicted molar refractivity (Wildman–Crippen MR) is 76.4 cm³/mol. The molecule has 0 aliphatic heterocycles. The van der Waals surface area contributed by atoms with Crippen LogP contribution in [0.1, 0.15) is 59.8 Å². The van der Waals surface area contributed by atoms with E-state index in [2.05, 4.69) is 33.0 Å². The van der Waals surface area contributed by atoms with Crippen molar-refractivity contribution >= 4 is 0 Å². The van der Waals surface area contributed by atoms with E-state index >= 15 is 0 Å². The molecule has 0 saturated heterocycles. The van der Waals surface area contributed by atoms with E-state index in [4.69, 9.17) is 4.74 Å². The molecule has 1 atom stereocenters. The molecule has 0 radical (unpaired) electrons. The summed E-state index contributed by atoms with van der Waals surface area (Å²) in [5.74, 6) is 0.735. The Balaban J connectivity index is 3.90. The molecule has 0 rings (SSSR count). The van der Waals surface area contributed by atoms with Crippen LogP contribution in [0.5, 0.6) is 0 Å². The first-order valence-corrected chi connectivity index (χ1v) is 7.26. The van der Waals surface area contributed by atoms with E-state index in [1.54, 1.807) is 7.11 Å². The van der Waals surface area contributed by atoms with Gasteiger partial charge in [0.15, 0.2) is 0 Å². The molecule has 0 saturated carbocycles. The lowest BCUT2D eigenvalue weighted by molar-refractivity contribution is 0.164. The molecule has 1 unspecified atom stereocenters. The number of methoxy groups -OCH3 is 1. The lowest BCUT2D eigenvalue weighted by Crippen LogP contribution is -2.37. The molecule has 0 fully saturated rings. The third kappa shape index (κ3) is 7.77. The Morgan fingerprint density at radius 3 is 2.41 bits per heavy atom. The van der Waals surface area contributed by atoms with Crippen LogP contribution in [0, 0.1) is 11.3 Å². The molecule has 0 bridgehead atoms. The Bertz CT molecular complexity index is 156. The zero-order valence-electron chi connectivity index (χ0n) is 12.6. The van der Waals surface area contributed by atoms with E-state index in [9.17, 15) is 0 Å². The first kappa shape index (κ1) is 16.9. The lowest BCUT2D eigenvalue weighted by atomic mass is 9.75. The molecule has 0 spiro atoms. The quantitative estimate of drug-likeness (QED) is 0.556. The van der Waals surface area contributed by atoms with Crippen LogP contribution in [-0.2, 0) is 4.74 Å². The molecule has 2 heteroatoms. The van der Waals surface area contributed by atoms with Gasteiger partial charge in [0.05, 0.1) is 6.61 Å². The molecule has 0 aromatic carbocycles. The van der Waals surface area contributed by atoms with Crippen LogP contribution in [0.2, 0.25) is 0 Å². The average molecular weight is 243 g/mol. The molecule has 0 aromatic heterocycles. The molecule has 0 heterocycles. The van der Waals surface area contributed by atoms with Crippen molar-refractivity contribution in [3.8, 4) is 0 Å². The van der Waals surface area contributed by atoms with Gasteiger partial charge in [0.25, 0.3) is 0 Å². The number of ether oxygens (including phenoxy) is 1. The topological polar surface area (TPSA) is 21.3 Å². The number of hydrogen-bond donors (Lipinski definition) is 1. The van der Waals surface area contributed by atoms with Gasteiger partial charge in [-0.05, 0) is 17.8 Å². The minimum absolute atomic E-state index is 0.432. The Morgan fingerprint density at radius 2 is 1.88 bits per heavy atom. The van der Waals surface area contributed by atoms with Gasteiger partial charge in [-0.1, -0.05) is 53.4 Å². The highest BCUT2D eigenvalue weighted by Gasteiger charge is 2.27. The SMILES string of the molecule is CCCCCCC(C)(CNCCOC)C(C)C. The summed E-state index contributed by atoms with van der Waals surface area (Å²) in [6.07, 6.45) is 6.80. The summed E-state index contributed by atoms with van der Waals surface area (Å²) in [6.45, 7) is 12.3. The average Bonchev–Trinajstić information content (AvgIpc) is 2.30. The van der Waals surface area contributed by atoms with E-state index in [0.29, 0.717) is 5.41 Å². The van der Waals surface area contributed by atoms with Crippen molar-refractivity contribution < 1.29 is 4.74 Å². The second-order valence-electron chi connectivity index (χ2n) is 5.79. The van der Waals surface area contributed by atoms with Crippen molar-refractivity contribution in [1.82, 2.24) is 5.32 Å². The fourth-order valence-corrected chi connectivity index (χ4v) is 2.08. The third-order valence-electron chi connectivity index (χ3n) is 4.01. The fourth-order valence-electron chi connectivity index (χ4n) is 2.08. The summed E-state index contributed by atoms with van der Waals surface area (Å²) in [5.41, 5.74) is 0.432. The zero-order chi connectivity index (χ0) is 13.1. The first-order valence-electron chi connectivity index (χ1n) is 7.26. The number of nitrogens with one attached hydrogen (secondary N) is 1. The van der Waals surface area contributed by atoms with Gasteiger partial charge < -0.3 is 10.1 Å². The molecule has 17 heavy (non-hydrogen) atoms. The summed E-state index contributed by atoms with van der Waals surface area (Å²) >= 11 is 0. The molecule has 1 N–H and O–H groups in total. The van der Waals surface area contributed by atoms with Crippen LogP contribution in [-0.4, -0.2) is 26.8 Å². The molecule has 0 aromatic rings. The number of rotatable bonds is 11. The van der Waals surface area contributed by atoms with Gasteiger partial charge >= 0.3 is 0 Å². The van der Waals surface area contributed by atoms with Gasteiger partial charge in [0.1, 0.15) is 0 Å². The van der Waals surface area contributed by atoms with Crippen LogP contribution in [0.25, 0.3) is 0 Å². The standard InChI is InChI=1S/C15H33NO/c1-6-7-8-9-10-15(4,14(2)3)13-16-11-12-17-5/h14,16H,6-13H2,1-5H3. The smallest absolute Gasteiger partial charge is 0.0587 e. The highest BCUT2D eigenvalue weighted by atomic mass is 16.5. The molecule has 0 aliphatic rings. The van der Waals surface area contributed by atoms with Gasteiger partial charge in [-0.3, -0.25) is 0 Å². The third-order valence-corrected chi connectivity index (χ3v) is 4.01.